The van der Waals surface area contributed by atoms with E-state index in [9.17, 15) is 4.79 Å². The average molecular weight is 603 g/mol. The summed E-state index contributed by atoms with van der Waals surface area (Å²) in [7, 11) is 0.629. The molecule has 1 saturated heterocycles. The Kier molecular flexibility index (Phi) is 12.1. The summed E-state index contributed by atoms with van der Waals surface area (Å²) < 4.78 is 31.3. The van der Waals surface area contributed by atoms with Gasteiger partial charge in [-0.2, -0.15) is 0 Å². The molecular formula is C35H58O6Si. The van der Waals surface area contributed by atoms with Gasteiger partial charge >= 0.3 is 5.97 Å². The Labute approximate surface area is 258 Å². The summed E-state index contributed by atoms with van der Waals surface area (Å²) in [5, 5.41) is 0. The molecule has 6 atom stereocenters. The monoisotopic (exact) mass is 602 g/mol. The maximum atomic E-state index is 13.6. The lowest BCUT2D eigenvalue weighted by molar-refractivity contribution is -0.184. The van der Waals surface area contributed by atoms with E-state index in [4.69, 9.17) is 23.4 Å². The van der Waals surface area contributed by atoms with Crippen LogP contribution in [0.3, 0.4) is 0 Å². The van der Waals surface area contributed by atoms with E-state index < -0.39 is 22.9 Å². The van der Waals surface area contributed by atoms with Gasteiger partial charge < -0.3 is 23.4 Å². The van der Waals surface area contributed by atoms with Crippen LogP contribution in [-0.2, 0) is 28.2 Å². The van der Waals surface area contributed by atoms with Gasteiger partial charge in [0, 0.05) is 17.9 Å². The SMILES string of the molecule is C=C1CC(C)CC2CC=CC(C(C)C)(O2)C(C(C)C)(C(C)C)C=CC(=O)OC(C2COC(C)(C)O2)CC=CC(O[SiH3])C1. The van der Waals surface area contributed by atoms with Crippen LogP contribution in [0.5, 0.6) is 0 Å². The van der Waals surface area contributed by atoms with Gasteiger partial charge in [-0.3, -0.25) is 0 Å². The van der Waals surface area contributed by atoms with E-state index in [1.807, 2.05) is 13.8 Å². The highest BCUT2D eigenvalue weighted by Gasteiger charge is 2.56. The molecule has 0 aromatic rings. The van der Waals surface area contributed by atoms with Gasteiger partial charge in [0.1, 0.15) is 22.7 Å². The quantitative estimate of drug-likeness (QED) is 0.200. The lowest BCUT2D eigenvalue weighted by atomic mass is 9.54. The molecule has 238 valence electrons. The van der Waals surface area contributed by atoms with Crippen molar-refractivity contribution in [2.45, 2.75) is 130 Å². The highest BCUT2D eigenvalue weighted by molar-refractivity contribution is 5.98. The third-order valence-corrected chi connectivity index (χ3v) is 10.2. The molecule has 6 unspecified atom stereocenters. The summed E-state index contributed by atoms with van der Waals surface area (Å²) in [5.74, 6) is -0.0593. The summed E-state index contributed by atoms with van der Waals surface area (Å²) in [6.07, 6.45) is 15.8. The smallest absolute Gasteiger partial charge is 0.330 e. The van der Waals surface area contributed by atoms with Gasteiger partial charge in [-0.15, -0.1) is 0 Å². The second-order valence-corrected chi connectivity index (χ2v) is 14.7. The highest BCUT2D eigenvalue weighted by Crippen LogP contribution is 2.55. The van der Waals surface area contributed by atoms with Crippen molar-refractivity contribution in [1.82, 2.24) is 0 Å². The molecule has 0 radical (unpaired) electrons. The normalized spacial score (nSPS) is 34.6. The van der Waals surface area contributed by atoms with Crippen molar-refractivity contribution >= 4 is 16.5 Å². The molecule has 0 spiro atoms. The van der Waals surface area contributed by atoms with E-state index in [2.05, 4.69) is 85.4 Å². The number of cyclic esters (lactones) is 1. The zero-order chi connectivity index (χ0) is 31.3. The molecule has 3 heterocycles. The zero-order valence-electron chi connectivity index (χ0n) is 28.0. The van der Waals surface area contributed by atoms with Crippen LogP contribution in [0.1, 0.15) is 94.4 Å². The minimum atomic E-state index is -0.715. The van der Waals surface area contributed by atoms with E-state index >= 15 is 0 Å². The van der Waals surface area contributed by atoms with Crippen molar-refractivity contribution in [2.75, 3.05) is 6.61 Å². The first-order chi connectivity index (χ1) is 19.7. The number of ether oxygens (including phenoxy) is 4. The van der Waals surface area contributed by atoms with Gasteiger partial charge in [0.15, 0.2) is 5.79 Å². The summed E-state index contributed by atoms with van der Waals surface area (Å²) in [6, 6.07) is 0. The third kappa shape index (κ3) is 7.95. The van der Waals surface area contributed by atoms with Gasteiger partial charge in [-0.25, -0.2) is 4.79 Å². The Balaban J connectivity index is 2.08. The number of fused-ring (bicyclic) bond motifs is 2. The second-order valence-electron chi connectivity index (χ2n) is 14.2. The molecule has 1 fully saturated rings. The fourth-order valence-corrected chi connectivity index (χ4v) is 7.94. The third-order valence-electron chi connectivity index (χ3n) is 9.59. The van der Waals surface area contributed by atoms with Crippen LogP contribution in [0.25, 0.3) is 0 Å². The molecule has 7 heteroatoms. The van der Waals surface area contributed by atoms with Crippen LogP contribution in [0.15, 0.2) is 48.6 Å². The summed E-state index contributed by atoms with van der Waals surface area (Å²) >= 11 is 0. The molecule has 0 amide bonds. The Hall–Kier alpha value is -1.51. The van der Waals surface area contributed by atoms with E-state index in [1.165, 1.54) is 5.57 Å². The average Bonchev–Trinajstić information content (AvgIpc) is 3.26. The van der Waals surface area contributed by atoms with Crippen LogP contribution in [0.4, 0.5) is 0 Å². The molecule has 0 saturated carbocycles. The molecule has 0 N–H and O–H groups in total. The standard InChI is InChI=1S/C35H58O6Si/c1-23(2)34(24(3)4)18-16-32(36)38-30(31-22-37-33(9,10)40-31)15-11-13-29(41-42)21-27(8)19-26(7)20-28-14-12-17-35(34,39-28)25(5)6/h11-13,16-18,23-26,28-31H,8,14-15,19-22H2,1-7,9-10,42H3. The van der Waals surface area contributed by atoms with Gasteiger partial charge in [0.2, 0.25) is 0 Å². The minimum Gasteiger partial charge on any atom is -0.456 e. The number of hydrogen-bond donors (Lipinski definition) is 0. The molecule has 3 aliphatic rings. The molecule has 0 aromatic carbocycles. The lowest BCUT2D eigenvalue weighted by Gasteiger charge is -2.57. The molecule has 42 heavy (non-hydrogen) atoms. The first kappa shape index (κ1) is 35.0. The summed E-state index contributed by atoms with van der Waals surface area (Å²) in [4.78, 5) is 13.6. The molecule has 3 rings (SSSR count). The number of rotatable bonds is 5. The maximum absolute atomic E-state index is 13.6. The van der Waals surface area contributed by atoms with Crippen molar-refractivity contribution in [2.24, 2.45) is 29.1 Å². The molecule has 6 nitrogen and oxygen atoms in total. The molecule has 0 aliphatic carbocycles. The first-order valence-electron chi connectivity index (χ1n) is 16.1. The Morgan fingerprint density at radius 1 is 0.952 bits per heavy atom. The fraction of sp³-hybridized carbons (Fsp3) is 0.743. The Morgan fingerprint density at radius 2 is 1.64 bits per heavy atom. The minimum absolute atomic E-state index is 0.0381. The van der Waals surface area contributed by atoms with E-state index in [0.29, 0.717) is 29.4 Å². The van der Waals surface area contributed by atoms with Crippen molar-refractivity contribution < 1.29 is 28.2 Å². The predicted molar refractivity (Wildman–Crippen MR) is 173 cm³/mol. The molecule has 0 aromatic heterocycles. The van der Waals surface area contributed by atoms with E-state index in [-0.39, 0.29) is 42.0 Å². The summed E-state index contributed by atoms with van der Waals surface area (Å²) in [5.41, 5.74) is 0.181. The van der Waals surface area contributed by atoms with Crippen molar-refractivity contribution in [3.05, 3.63) is 48.6 Å². The van der Waals surface area contributed by atoms with Crippen LogP contribution in [0.2, 0.25) is 0 Å². The van der Waals surface area contributed by atoms with Gasteiger partial charge in [-0.1, -0.05) is 91.0 Å². The van der Waals surface area contributed by atoms with Crippen LogP contribution in [-0.4, -0.2) is 58.9 Å². The van der Waals surface area contributed by atoms with E-state index in [1.54, 1.807) is 6.08 Å². The number of esters is 1. The van der Waals surface area contributed by atoms with Crippen LogP contribution >= 0.6 is 0 Å². The number of carbonyl (C=O) groups excluding carboxylic acids is 1. The van der Waals surface area contributed by atoms with Crippen LogP contribution < -0.4 is 0 Å². The molecule has 2 bridgehead atoms. The number of carbonyl (C=O) groups is 1. The van der Waals surface area contributed by atoms with Gasteiger partial charge in [-0.05, 0) is 63.2 Å². The fourth-order valence-electron chi connectivity index (χ4n) is 7.62. The Bertz CT molecular complexity index is 1000. The number of hydrogen-bond acceptors (Lipinski definition) is 6. The molecular weight excluding hydrogens is 544 g/mol. The first-order valence-corrected chi connectivity index (χ1v) is 16.9. The van der Waals surface area contributed by atoms with Crippen molar-refractivity contribution in [3.63, 3.8) is 0 Å². The Morgan fingerprint density at radius 3 is 2.21 bits per heavy atom. The lowest BCUT2D eigenvalue weighted by Crippen LogP contribution is -2.59. The summed E-state index contributed by atoms with van der Waals surface area (Å²) in [6.45, 7) is 24.3. The van der Waals surface area contributed by atoms with Crippen molar-refractivity contribution in [1.29, 1.82) is 0 Å². The van der Waals surface area contributed by atoms with Gasteiger partial charge in [0.25, 0.3) is 0 Å². The van der Waals surface area contributed by atoms with Crippen molar-refractivity contribution in [3.8, 4) is 0 Å². The van der Waals surface area contributed by atoms with Crippen LogP contribution in [0, 0.1) is 29.1 Å². The predicted octanol–water partition coefficient (Wildman–Crippen LogP) is 6.63. The molecule has 3 aliphatic heterocycles. The van der Waals surface area contributed by atoms with E-state index in [0.717, 1.165) is 25.7 Å². The largest absolute Gasteiger partial charge is 0.456 e. The highest BCUT2D eigenvalue weighted by atomic mass is 28.2. The second kappa shape index (κ2) is 14.5. The maximum Gasteiger partial charge on any atom is 0.330 e. The topological polar surface area (TPSA) is 63.2 Å². The zero-order valence-corrected chi connectivity index (χ0v) is 30.0. The van der Waals surface area contributed by atoms with Gasteiger partial charge in [0.05, 0.1) is 24.4 Å².